The molecule has 32 heavy (non-hydrogen) atoms. The predicted octanol–water partition coefficient (Wildman–Crippen LogP) is 1.31. The summed E-state index contributed by atoms with van der Waals surface area (Å²) in [5.41, 5.74) is 1.21. The molecule has 3 aromatic rings. The van der Waals surface area contributed by atoms with Gasteiger partial charge in [0.15, 0.2) is 0 Å². The molecule has 4 rings (SSSR count). The number of benzene rings is 2. The highest BCUT2D eigenvalue weighted by atomic mass is 32.2. The molecule has 1 aliphatic rings. The quantitative estimate of drug-likeness (QED) is 0.596. The van der Waals surface area contributed by atoms with Crippen molar-refractivity contribution in [3.05, 3.63) is 60.2 Å². The number of carbonyl (C=O) groups excluding carboxylic acids is 1. The van der Waals surface area contributed by atoms with E-state index in [0.29, 0.717) is 37.7 Å². The molecule has 0 unspecified atom stereocenters. The van der Waals surface area contributed by atoms with E-state index in [1.165, 1.54) is 12.1 Å². The number of para-hydroxylation sites is 1. The predicted molar refractivity (Wildman–Crippen MR) is 119 cm³/mol. The summed E-state index contributed by atoms with van der Waals surface area (Å²) in [6, 6.07) is 15.5. The number of amides is 1. The first-order chi connectivity index (χ1) is 15.3. The van der Waals surface area contributed by atoms with Crippen LogP contribution in [0.5, 0.6) is 0 Å². The Morgan fingerprint density at radius 2 is 1.72 bits per heavy atom. The molecule has 11 heteroatoms. The van der Waals surface area contributed by atoms with Gasteiger partial charge in [-0.1, -0.05) is 29.4 Å². The fourth-order valence-electron chi connectivity index (χ4n) is 3.58. The van der Waals surface area contributed by atoms with Gasteiger partial charge in [-0.05, 0) is 54.6 Å². The molecule has 0 spiro atoms. The van der Waals surface area contributed by atoms with E-state index in [9.17, 15) is 13.2 Å². The topological polar surface area (TPSA) is 113 Å². The SMILES string of the molecule is CC(C)NS(=O)(=O)c1cccc(C(=O)N2CCN(c3nnnn3-c3ccccc3)CC2)c1. The largest absolute Gasteiger partial charge is 0.336 e. The molecule has 0 bridgehead atoms. The molecular formula is C21H25N7O3S. The zero-order chi connectivity index (χ0) is 22.7. The molecule has 168 valence electrons. The Kier molecular flexibility index (Phi) is 6.19. The summed E-state index contributed by atoms with van der Waals surface area (Å²) in [6.45, 7) is 5.57. The molecule has 1 aliphatic heterocycles. The van der Waals surface area contributed by atoms with Gasteiger partial charge in [0.2, 0.25) is 16.0 Å². The number of aromatic nitrogens is 4. The van der Waals surface area contributed by atoms with E-state index in [-0.39, 0.29) is 16.8 Å². The van der Waals surface area contributed by atoms with Gasteiger partial charge in [-0.25, -0.2) is 13.1 Å². The van der Waals surface area contributed by atoms with Gasteiger partial charge < -0.3 is 9.80 Å². The normalized spacial score (nSPS) is 14.7. The molecule has 2 aromatic carbocycles. The van der Waals surface area contributed by atoms with E-state index in [4.69, 9.17) is 0 Å². The van der Waals surface area contributed by atoms with E-state index < -0.39 is 10.0 Å². The first kappa shape index (κ1) is 21.9. The van der Waals surface area contributed by atoms with E-state index in [1.807, 2.05) is 35.2 Å². The molecule has 0 saturated carbocycles. The van der Waals surface area contributed by atoms with Gasteiger partial charge in [-0.2, -0.15) is 4.68 Å². The van der Waals surface area contributed by atoms with Crippen molar-refractivity contribution >= 4 is 21.9 Å². The smallest absolute Gasteiger partial charge is 0.254 e. The van der Waals surface area contributed by atoms with E-state index >= 15 is 0 Å². The molecule has 0 radical (unpaired) electrons. The lowest BCUT2D eigenvalue weighted by molar-refractivity contribution is 0.0746. The Morgan fingerprint density at radius 1 is 1.00 bits per heavy atom. The van der Waals surface area contributed by atoms with Crippen LogP contribution in [0.25, 0.3) is 5.69 Å². The van der Waals surface area contributed by atoms with Crippen molar-refractivity contribution < 1.29 is 13.2 Å². The number of piperazine rings is 1. The van der Waals surface area contributed by atoms with Crippen LogP contribution in [0.4, 0.5) is 5.95 Å². The number of anilines is 1. The van der Waals surface area contributed by atoms with Crippen LogP contribution in [-0.2, 0) is 10.0 Å². The average Bonchev–Trinajstić information content (AvgIpc) is 3.29. The van der Waals surface area contributed by atoms with Gasteiger partial charge in [0.25, 0.3) is 5.91 Å². The van der Waals surface area contributed by atoms with Crippen LogP contribution in [0.2, 0.25) is 0 Å². The highest BCUT2D eigenvalue weighted by Gasteiger charge is 2.26. The van der Waals surface area contributed by atoms with Crippen LogP contribution in [0, 0.1) is 0 Å². The van der Waals surface area contributed by atoms with Crippen molar-refractivity contribution in [3.63, 3.8) is 0 Å². The Hall–Kier alpha value is -3.31. The zero-order valence-electron chi connectivity index (χ0n) is 17.9. The zero-order valence-corrected chi connectivity index (χ0v) is 18.7. The summed E-state index contributed by atoms with van der Waals surface area (Å²) in [4.78, 5) is 16.9. The summed E-state index contributed by atoms with van der Waals surface area (Å²) in [7, 11) is -3.67. The van der Waals surface area contributed by atoms with Crippen LogP contribution in [-0.4, -0.2) is 71.7 Å². The number of nitrogens with zero attached hydrogens (tertiary/aromatic N) is 6. The summed E-state index contributed by atoms with van der Waals surface area (Å²) in [6.07, 6.45) is 0. The number of nitrogens with one attached hydrogen (secondary N) is 1. The molecule has 1 saturated heterocycles. The summed E-state index contributed by atoms with van der Waals surface area (Å²) in [5.74, 6) is 0.421. The second-order valence-corrected chi connectivity index (χ2v) is 9.52. The minimum absolute atomic E-state index is 0.0812. The van der Waals surface area contributed by atoms with Gasteiger partial charge in [-0.3, -0.25) is 4.79 Å². The Bertz CT molecular complexity index is 1190. The minimum atomic E-state index is -3.67. The number of tetrazole rings is 1. The van der Waals surface area contributed by atoms with Crippen LogP contribution < -0.4 is 9.62 Å². The third-order valence-corrected chi connectivity index (χ3v) is 6.74. The highest BCUT2D eigenvalue weighted by Crippen LogP contribution is 2.19. The summed E-state index contributed by atoms with van der Waals surface area (Å²) in [5, 5.41) is 12.1. The molecule has 1 fully saturated rings. The molecule has 1 N–H and O–H groups in total. The molecule has 1 amide bonds. The first-order valence-electron chi connectivity index (χ1n) is 10.4. The van der Waals surface area contributed by atoms with Crippen molar-refractivity contribution in [3.8, 4) is 5.69 Å². The maximum Gasteiger partial charge on any atom is 0.254 e. The fraction of sp³-hybridized carbons (Fsp3) is 0.333. The number of rotatable bonds is 6. The molecule has 0 atom stereocenters. The second kappa shape index (κ2) is 9.05. The van der Waals surface area contributed by atoms with Gasteiger partial charge in [-0.15, -0.1) is 0 Å². The van der Waals surface area contributed by atoms with E-state index in [0.717, 1.165) is 5.69 Å². The molecule has 1 aromatic heterocycles. The van der Waals surface area contributed by atoms with Crippen molar-refractivity contribution in [2.45, 2.75) is 24.8 Å². The van der Waals surface area contributed by atoms with Crippen molar-refractivity contribution in [1.82, 2.24) is 29.8 Å². The Morgan fingerprint density at radius 3 is 2.41 bits per heavy atom. The van der Waals surface area contributed by atoms with Crippen LogP contribution in [0.15, 0.2) is 59.5 Å². The third kappa shape index (κ3) is 4.63. The minimum Gasteiger partial charge on any atom is -0.336 e. The maximum absolute atomic E-state index is 13.0. The van der Waals surface area contributed by atoms with Gasteiger partial charge in [0.05, 0.1) is 10.6 Å². The van der Waals surface area contributed by atoms with Crippen molar-refractivity contribution in [2.75, 3.05) is 31.1 Å². The van der Waals surface area contributed by atoms with E-state index in [1.54, 1.807) is 35.6 Å². The van der Waals surface area contributed by atoms with Crippen molar-refractivity contribution in [1.29, 1.82) is 0 Å². The fourth-order valence-corrected chi connectivity index (χ4v) is 4.88. The van der Waals surface area contributed by atoms with E-state index in [2.05, 4.69) is 20.2 Å². The lowest BCUT2D eigenvalue weighted by atomic mass is 10.2. The highest BCUT2D eigenvalue weighted by molar-refractivity contribution is 7.89. The van der Waals surface area contributed by atoms with Gasteiger partial charge in [0, 0.05) is 37.8 Å². The lowest BCUT2D eigenvalue weighted by Gasteiger charge is -2.34. The van der Waals surface area contributed by atoms with Gasteiger partial charge in [0.1, 0.15) is 0 Å². The lowest BCUT2D eigenvalue weighted by Crippen LogP contribution is -2.49. The first-order valence-corrected chi connectivity index (χ1v) is 11.8. The monoisotopic (exact) mass is 455 g/mol. The number of hydrogen-bond donors (Lipinski definition) is 1. The standard InChI is InChI=1S/C21H25N7O3S/c1-16(2)23-32(30,31)19-10-6-7-17(15-19)20(29)26-11-13-27(14-12-26)21-22-24-25-28(21)18-8-4-3-5-9-18/h3-10,15-16,23H,11-14H2,1-2H3. The van der Waals surface area contributed by atoms with Crippen LogP contribution in [0.3, 0.4) is 0 Å². The molecule has 10 nitrogen and oxygen atoms in total. The Labute approximate surface area is 186 Å². The molecule has 2 heterocycles. The second-order valence-electron chi connectivity index (χ2n) is 7.81. The summed E-state index contributed by atoms with van der Waals surface area (Å²) >= 11 is 0. The number of hydrogen-bond acceptors (Lipinski definition) is 7. The molecule has 0 aliphatic carbocycles. The average molecular weight is 456 g/mol. The maximum atomic E-state index is 13.0. The van der Waals surface area contributed by atoms with Gasteiger partial charge >= 0.3 is 0 Å². The third-order valence-electron chi connectivity index (χ3n) is 5.09. The Balaban J connectivity index is 1.45. The van der Waals surface area contributed by atoms with Crippen LogP contribution >= 0.6 is 0 Å². The van der Waals surface area contributed by atoms with Crippen molar-refractivity contribution in [2.24, 2.45) is 0 Å². The van der Waals surface area contributed by atoms with Crippen LogP contribution in [0.1, 0.15) is 24.2 Å². The molecular weight excluding hydrogens is 430 g/mol. The number of carbonyl (C=O) groups is 1. The number of sulfonamides is 1. The summed E-state index contributed by atoms with van der Waals surface area (Å²) < 4.78 is 29.1.